The smallest absolute Gasteiger partial charge is 0.234 e. The van der Waals surface area contributed by atoms with E-state index < -0.39 is 0 Å². The lowest BCUT2D eigenvalue weighted by Gasteiger charge is -2.07. The van der Waals surface area contributed by atoms with Crippen molar-refractivity contribution in [2.45, 2.75) is 20.3 Å². The lowest BCUT2D eigenvalue weighted by Crippen LogP contribution is -2.01. The van der Waals surface area contributed by atoms with Gasteiger partial charge in [-0.2, -0.15) is 9.61 Å². The summed E-state index contributed by atoms with van der Waals surface area (Å²) in [7, 11) is 1.99. The van der Waals surface area contributed by atoms with E-state index in [4.69, 9.17) is 0 Å². The Morgan fingerprint density at radius 1 is 1.11 bits per heavy atom. The van der Waals surface area contributed by atoms with E-state index in [0.717, 1.165) is 26.8 Å². The molecule has 1 aromatic carbocycles. The number of hydrogen-bond acceptors (Lipinski definition) is 5. The van der Waals surface area contributed by atoms with Crippen LogP contribution in [0.5, 0.6) is 0 Å². The van der Waals surface area contributed by atoms with Gasteiger partial charge in [-0.1, -0.05) is 17.4 Å². The van der Waals surface area contributed by atoms with Crippen LogP contribution in [0, 0.1) is 19.7 Å². The van der Waals surface area contributed by atoms with E-state index in [9.17, 15) is 0 Å². The molecular formula is C20H17FN6S. The van der Waals surface area contributed by atoms with Crippen LogP contribution >= 0.6 is 11.3 Å². The van der Waals surface area contributed by atoms with Crippen molar-refractivity contribution in [3.8, 4) is 11.1 Å². The van der Waals surface area contributed by atoms with E-state index in [-0.39, 0.29) is 5.82 Å². The third-order valence-electron chi connectivity index (χ3n) is 4.97. The molecule has 0 saturated carbocycles. The van der Waals surface area contributed by atoms with Crippen LogP contribution in [0.2, 0.25) is 0 Å². The van der Waals surface area contributed by atoms with Gasteiger partial charge in [-0.3, -0.25) is 4.98 Å². The van der Waals surface area contributed by atoms with Crippen LogP contribution in [0.4, 0.5) is 4.39 Å². The summed E-state index contributed by atoms with van der Waals surface area (Å²) in [4.78, 5) is 5.18. The maximum atomic E-state index is 15.3. The second-order valence-corrected chi connectivity index (χ2v) is 8.08. The summed E-state index contributed by atoms with van der Waals surface area (Å²) in [6, 6.07) is 7.54. The standard InChI is InChI=1S/C20H17FN6S/c1-11-6-15(10-26(11)3)14-7-16-17(22-9-14)5-4-13(19(16)21)8-18-23-24-20-27(18)25-12(2)28-20/h4-7,9-10H,8H2,1-3H3. The molecule has 28 heavy (non-hydrogen) atoms. The number of hydrogen-bond donors (Lipinski definition) is 0. The Morgan fingerprint density at radius 2 is 1.96 bits per heavy atom. The number of benzene rings is 1. The van der Waals surface area contributed by atoms with Gasteiger partial charge in [-0.15, -0.1) is 10.2 Å². The highest BCUT2D eigenvalue weighted by molar-refractivity contribution is 7.16. The third-order valence-corrected chi connectivity index (χ3v) is 5.79. The first-order chi connectivity index (χ1) is 13.5. The summed E-state index contributed by atoms with van der Waals surface area (Å²) >= 11 is 1.47. The molecular weight excluding hydrogens is 375 g/mol. The maximum absolute atomic E-state index is 15.3. The summed E-state index contributed by atoms with van der Waals surface area (Å²) in [5.74, 6) is 0.351. The van der Waals surface area contributed by atoms with Crippen LogP contribution in [0.15, 0.2) is 36.7 Å². The van der Waals surface area contributed by atoms with Crippen LogP contribution in [0.25, 0.3) is 27.0 Å². The Bertz CT molecular complexity index is 1330. The SMILES string of the molecule is Cc1nn2c(Cc3ccc4ncc(-c5cc(C)n(C)c5)cc4c3F)nnc2s1. The van der Waals surface area contributed by atoms with Gasteiger partial charge in [0.1, 0.15) is 10.8 Å². The zero-order chi connectivity index (χ0) is 19.4. The second-order valence-electron chi connectivity index (χ2n) is 6.92. The first-order valence-electron chi connectivity index (χ1n) is 8.88. The Labute approximate surface area is 164 Å². The zero-order valence-corrected chi connectivity index (χ0v) is 16.5. The molecule has 0 aliphatic heterocycles. The molecule has 0 spiro atoms. The minimum atomic E-state index is -0.275. The van der Waals surface area contributed by atoms with Crippen molar-refractivity contribution < 1.29 is 4.39 Å². The third kappa shape index (κ3) is 2.68. The Hall–Kier alpha value is -3.13. The summed E-state index contributed by atoms with van der Waals surface area (Å²) in [5.41, 5.74) is 4.24. The average molecular weight is 392 g/mol. The quantitative estimate of drug-likeness (QED) is 0.464. The highest BCUT2D eigenvalue weighted by Gasteiger charge is 2.15. The number of rotatable bonds is 3. The minimum absolute atomic E-state index is 0.275. The molecule has 140 valence electrons. The largest absolute Gasteiger partial charge is 0.354 e. The Morgan fingerprint density at radius 3 is 2.75 bits per heavy atom. The lowest BCUT2D eigenvalue weighted by atomic mass is 10.0. The molecule has 0 radical (unpaired) electrons. The molecule has 6 nitrogen and oxygen atoms in total. The van der Waals surface area contributed by atoms with E-state index in [1.165, 1.54) is 11.3 Å². The van der Waals surface area contributed by atoms with Crippen molar-refractivity contribution in [2.75, 3.05) is 0 Å². The van der Waals surface area contributed by atoms with E-state index in [1.54, 1.807) is 16.8 Å². The van der Waals surface area contributed by atoms with E-state index >= 15 is 4.39 Å². The summed E-state index contributed by atoms with van der Waals surface area (Å²) < 4.78 is 19.1. The fraction of sp³-hybridized carbons (Fsp3) is 0.200. The minimum Gasteiger partial charge on any atom is -0.354 e. The van der Waals surface area contributed by atoms with Crippen molar-refractivity contribution in [1.29, 1.82) is 0 Å². The molecule has 0 saturated heterocycles. The van der Waals surface area contributed by atoms with Gasteiger partial charge in [0.2, 0.25) is 4.96 Å². The summed E-state index contributed by atoms with van der Waals surface area (Å²) in [6.45, 7) is 3.95. The number of nitrogens with zero attached hydrogens (tertiary/aromatic N) is 6. The van der Waals surface area contributed by atoms with Gasteiger partial charge in [0.25, 0.3) is 0 Å². The Kier molecular flexibility index (Phi) is 3.77. The molecule has 4 heterocycles. The fourth-order valence-corrected chi connectivity index (χ4v) is 4.07. The molecule has 5 rings (SSSR count). The topological polar surface area (TPSA) is 60.9 Å². The monoisotopic (exact) mass is 392 g/mol. The van der Waals surface area contributed by atoms with Crippen molar-refractivity contribution >= 4 is 27.2 Å². The van der Waals surface area contributed by atoms with E-state index in [1.807, 2.05) is 43.8 Å². The molecule has 0 amide bonds. The van der Waals surface area contributed by atoms with Gasteiger partial charge >= 0.3 is 0 Å². The zero-order valence-electron chi connectivity index (χ0n) is 15.6. The van der Waals surface area contributed by atoms with E-state index in [2.05, 4.69) is 26.3 Å². The van der Waals surface area contributed by atoms with Crippen LogP contribution in [0.1, 0.15) is 22.1 Å². The molecule has 8 heteroatoms. The van der Waals surface area contributed by atoms with Crippen LogP contribution < -0.4 is 0 Å². The number of aromatic nitrogens is 6. The molecule has 0 N–H and O–H groups in total. The van der Waals surface area contributed by atoms with E-state index in [0.29, 0.717) is 28.7 Å². The highest BCUT2D eigenvalue weighted by atomic mass is 32.1. The Balaban J connectivity index is 1.59. The highest BCUT2D eigenvalue weighted by Crippen LogP contribution is 2.28. The molecule has 0 aliphatic rings. The lowest BCUT2D eigenvalue weighted by molar-refractivity contribution is 0.622. The molecule has 0 bridgehead atoms. The molecule has 0 fully saturated rings. The first kappa shape index (κ1) is 17.0. The maximum Gasteiger partial charge on any atom is 0.234 e. The van der Waals surface area contributed by atoms with Crippen molar-refractivity contribution in [1.82, 2.24) is 29.4 Å². The van der Waals surface area contributed by atoms with Gasteiger partial charge < -0.3 is 4.57 Å². The number of aryl methyl sites for hydroxylation is 3. The van der Waals surface area contributed by atoms with Gasteiger partial charge in [-0.25, -0.2) is 4.39 Å². The molecule has 0 unspecified atom stereocenters. The van der Waals surface area contributed by atoms with Gasteiger partial charge in [0.15, 0.2) is 5.82 Å². The summed E-state index contributed by atoms with van der Waals surface area (Å²) in [6.07, 6.45) is 4.13. The molecule has 0 atom stereocenters. The number of pyridine rings is 1. The fourth-order valence-electron chi connectivity index (χ4n) is 3.37. The van der Waals surface area contributed by atoms with Crippen LogP contribution in [-0.4, -0.2) is 29.4 Å². The van der Waals surface area contributed by atoms with Crippen molar-refractivity contribution in [2.24, 2.45) is 7.05 Å². The van der Waals surface area contributed by atoms with Crippen molar-refractivity contribution in [3.05, 3.63) is 64.6 Å². The summed E-state index contributed by atoms with van der Waals surface area (Å²) in [5, 5.41) is 14.1. The molecule has 5 aromatic rings. The van der Waals surface area contributed by atoms with Gasteiger partial charge in [0.05, 0.1) is 5.52 Å². The average Bonchev–Trinajstić information content (AvgIpc) is 3.33. The normalized spacial score (nSPS) is 11.7. The molecule has 4 aromatic heterocycles. The van der Waals surface area contributed by atoms with Gasteiger partial charge in [-0.05, 0) is 37.6 Å². The van der Waals surface area contributed by atoms with Crippen LogP contribution in [0.3, 0.4) is 0 Å². The number of fused-ring (bicyclic) bond motifs is 2. The molecule has 0 aliphatic carbocycles. The predicted octanol–water partition coefficient (Wildman–Crippen LogP) is 4.09. The first-order valence-corrected chi connectivity index (χ1v) is 9.69. The second kappa shape index (κ2) is 6.20. The van der Waals surface area contributed by atoms with Gasteiger partial charge in [0, 0.05) is 48.1 Å². The predicted molar refractivity (Wildman–Crippen MR) is 107 cm³/mol. The number of halogens is 1. The van der Waals surface area contributed by atoms with Crippen LogP contribution in [-0.2, 0) is 13.5 Å². The van der Waals surface area contributed by atoms with Crippen molar-refractivity contribution in [3.63, 3.8) is 0 Å².